The summed E-state index contributed by atoms with van der Waals surface area (Å²) in [6.45, 7) is 3.69. The Labute approximate surface area is 135 Å². The third kappa shape index (κ3) is 3.35. The van der Waals surface area contributed by atoms with Crippen molar-refractivity contribution in [2.75, 3.05) is 13.1 Å². The van der Waals surface area contributed by atoms with Crippen LogP contribution in [0, 0.1) is 11.3 Å². The predicted molar refractivity (Wildman–Crippen MR) is 87.5 cm³/mol. The van der Waals surface area contributed by atoms with Gasteiger partial charge in [0.1, 0.15) is 6.04 Å². The molecule has 2 atom stereocenters. The summed E-state index contributed by atoms with van der Waals surface area (Å²) in [6, 6.07) is 10.1. The van der Waals surface area contributed by atoms with Crippen molar-refractivity contribution in [3.05, 3.63) is 30.5 Å². The van der Waals surface area contributed by atoms with Crippen LogP contribution in [0.2, 0.25) is 0 Å². The van der Waals surface area contributed by atoms with Crippen molar-refractivity contribution >= 4 is 16.8 Å². The van der Waals surface area contributed by atoms with Gasteiger partial charge in [-0.25, -0.2) is 0 Å². The number of rotatable bonds is 5. The standard InChI is InChI=1S/C17H21N5O/c1-13(12-22-16-7-3-2-5-14(16)10-20-22)19-11-17(23)21-8-4-6-15(21)9-18/h2-3,5,7,10,13,15,19H,4,6,8,11-12H2,1H3/t13-,15-/m0/s1. The second-order valence-electron chi connectivity index (χ2n) is 6.04. The molecule has 1 fully saturated rings. The van der Waals surface area contributed by atoms with E-state index in [9.17, 15) is 4.79 Å². The molecule has 23 heavy (non-hydrogen) atoms. The predicted octanol–water partition coefficient (Wildman–Crippen LogP) is 1.53. The molecule has 2 aromatic rings. The molecule has 1 saturated heterocycles. The van der Waals surface area contributed by atoms with Gasteiger partial charge in [-0.05, 0) is 25.8 Å². The zero-order chi connectivity index (χ0) is 16.2. The van der Waals surface area contributed by atoms with Crippen molar-refractivity contribution in [2.24, 2.45) is 0 Å². The summed E-state index contributed by atoms with van der Waals surface area (Å²) >= 11 is 0. The number of likely N-dealkylation sites (tertiary alicyclic amines) is 1. The Kier molecular flexibility index (Phi) is 4.58. The number of benzene rings is 1. The SMILES string of the molecule is C[C@@H](Cn1ncc2ccccc21)NCC(=O)N1CCC[C@H]1C#N. The van der Waals surface area contributed by atoms with Crippen LogP contribution in [0.15, 0.2) is 30.5 Å². The van der Waals surface area contributed by atoms with Gasteiger partial charge in [-0.3, -0.25) is 9.48 Å². The molecule has 1 aliphatic heterocycles. The first-order chi connectivity index (χ1) is 11.2. The van der Waals surface area contributed by atoms with Crippen LogP contribution in [-0.2, 0) is 11.3 Å². The Morgan fingerprint density at radius 1 is 1.52 bits per heavy atom. The van der Waals surface area contributed by atoms with E-state index in [1.54, 1.807) is 4.90 Å². The zero-order valence-corrected chi connectivity index (χ0v) is 13.3. The number of nitrogens with one attached hydrogen (secondary N) is 1. The molecule has 0 radical (unpaired) electrons. The molecule has 2 heterocycles. The van der Waals surface area contributed by atoms with Gasteiger partial charge in [-0.2, -0.15) is 10.4 Å². The number of nitrogens with zero attached hydrogens (tertiary/aromatic N) is 4. The lowest BCUT2D eigenvalue weighted by molar-refractivity contribution is -0.130. The van der Waals surface area contributed by atoms with Crippen LogP contribution in [0.4, 0.5) is 0 Å². The summed E-state index contributed by atoms with van der Waals surface area (Å²) < 4.78 is 1.95. The third-order valence-electron chi connectivity index (χ3n) is 4.32. The number of hydrogen-bond acceptors (Lipinski definition) is 4. The van der Waals surface area contributed by atoms with Gasteiger partial charge in [0.05, 0.1) is 30.9 Å². The van der Waals surface area contributed by atoms with Gasteiger partial charge in [0, 0.05) is 18.0 Å². The molecule has 1 aromatic carbocycles. The van der Waals surface area contributed by atoms with Crippen molar-refractivity contribution in [3.8, 4) is 6.07 Å². The van der Waals surface area contributed by atoms with Crippen LogP contribution in [-0.4, -0.2) is 45.8 Å². The van der Waals surface area contributed by atoms with Crippen LogP contribution < -0.4 is 5.32 Å². The molecule has 6 heteroatoms. The van der Waals surface area contributed by atoms with E-state index in [1.807, 2.05) is 42.1 Å². The number of carbonyl (C=O) groups excluding carboxylic acids is 1. The second kappa shape index (κ2) is 6.80. The minimum absolute atomic E-state index is 0.00576. The number of amides is 1. The van der Waals surface area contributed by atoms with Gasteiger partial charge in [-0.1, -0.05) is 18.2 Å². The van der Waals surface area contributed by atoms with E-state index < -0.39 is 0 Å². The average Bonchev–Trinajstić information content (AvgIpc) is 3.20. The van der Waals surface area contributed by atoms with Gasteiger partial charge in [0.2, 0.25) is 5.91 Å². The summed E-state index contributed by atoms with van der Waals surface area (Å²) in [5, 5.41) is 17.8. The largest absolute Gasteiger partial charge is 0.326 e. The number of fused-ring (bicyclic) bond motifs is 1. The van der Waals surface area contributed by atoms with Crippen LogP contribution in [0.3, 0.4) is 0 Å². The lowest BCUT2D eigenvalue weighted by Gasteiger charge is -2.21. The Morgan fingerprint density at radius 3 is 3.17 bits per heavy atom. The highest BCUT2D eigenvalue weighted by molar-refractivity contribution is 5.79. The first kappa shape index (κ1) is 15.5. The lowest BCUT2D eigenvalue weighted by atomic mass is 10.2. The maximum Gasteiger partial charge on any atom is 0.237 e. The molecule has 6 nitrogen and oxygen atoms in total. The maximum absolute atomic E-state index is 12.2. The molecule has 0 saturated carbocycles. The van der Waals surface area contributed by atoms with E-state index in [1.165, 1.54) is 0 Å². The van der Waals surface area contributed by atoms with E-state index in [-0.39, 0.29) is 24.5 Å². The molecule has 120 valence electrons. The fourth-order valence-corrected chi connectivity index (χ4v) is 3.06. The molecule has 0 unspecified atom stereocenters. The number of carbonyl (C=O) groups is 1. The number of hydrogen-bond donors (Lipinski definition) is 1. The highest BCUT2D eigenvalue weighted by Gasteiger charge is 2.28. The topological polar surface area (TPSA) is 74.0 Å². The fraction of sp³-hybridized carbons (Fsp3) is 0.471. The zero-order valence-electron chi connectivity index (χ0n) is 13.3. The molecule has 1 aliphatic rings. The molecule has 1 aromatic heterocycles. The van der Waals surface area contributed by atoms with Crippen molar-refractivity contribution in [3.63, 3.8) is 0 Å². The van der Waals surface area contributed by atoms with Crippen LogP contribution >= 0.6 is 0 Å². The Hall–Kier alpha value is -2.39. The Balaban J connectivity index is 1.54. The molecular formula is C17H21N5O. The highest BCUT2D eigenvalue weighted by atomic mass is 16.2. The molecule has 1 amide bonds. The molecule has 0 aliphatic carbocycles. The van der Waals surface area contributed by atoms with Gasteiger partial charge in [-0.15, -0.1) is 0 Å². The highest BCUT2D eigenvalue weighted by Crippen LogP contribution is 2.16. The lowest BCUT2D eigenvalue weighted by Crippen LogP contribution is -2.43. The third-order valence-corrected chi connectivity index (χ3v) is 4.32. The summed E-state index contributed by atoms with van der Waals surface area (Å²) in [4.78, 5) is 13.9. The first-order valence-corrected chi connectivity index (χ1v) is 8.02. The van der Waals surface area contributed by atoms with Gasteiger partial charge < -0.3 is 10.2 Å². The Bertz CT molecular complexity index is 732. The average molecular weight is 311 g/mol. The summed E-state index contributed by atoms with van der Waals surface area (Å²) in [5.74, 6) is 0.00576. The maximum atomic E-state index is 12.2. The van der Waals surface area contributed by atoms with E-state index in [0.29, 0.717) is 13.1 Å². The van der Waals surface area contributed by atoms with Crippen LogP contribution in [0.1, 0.15) is 19.8 Å². The van der Waals surface area contributed by atoms with E-state index >= 15 is 0 Å². The van der Waals surface area contributed by atoms with Crippen LogP contribution in [0.5, 0.6) is 0 Å². The molecule has 1 N–H and O–H groups in total. The Morgan fingerprint density at radius 2 is 2.35 bits per heavy atom. The van der Waals surface area contributed by atoms with Gasteiger partial charge in [0.25, 0.3) is 0 Å². The number of aromatic nitrogens is 2. The van der Waals surface area contributed by atoms with E-state index in [2.05, 4.69) is 16.5 Å². The molecule has 0 bridgehead atoms. The van der Waals surface area contributed by atoms with E-state index in [4.69, 9.17) is 5.26 Å². The minimum Gasteiger partial charge on any atom is -0.326 e. The first-order valence-electron chi connectivity index (χ1n) is 8.02. The van der Waals surface area contributed by atoms with Crippen molar-refractivity contribution in [2.45, 2.75) is 38.4 Å². The summed E-state index contributed by atoms with van der Waals surface area (Å²) in [5.41, 5.74) is 1.09. The summed E-state index contributed by atoms with van der Waals surface area (Å²) in [6.07, 6.45) is 3.56. The number of nitriles is 1. The number of para-hydroxylation sites is 1. The molecule has 3 rings (SSSR count). The van der Waals surface area contributed by atoms with Crippen molar-refractivity contribution in [1.29, 1.82) is 5.26 Å². The molecule has 0 spiro atoms. The van der Waals surface area contributed by atoms with Crippen molar-refractivity contribution in [1.82, 2.24) is 20.0 Å². The van der Waals surface area contributed by atoms with E-state index in [0.717, 1.165) is 23.7 Å². The van der Waals surface area contributed by atoms with Gasteiger partial charge >= 0.3 is 0 Å². The smallest absolute Gasteiger partial charge is 0.237 e. The second-order valence-corrected chi connectivity index (χ2v) is 6.04. The quantitative estimate of drug-likeness (QED) is 0.909. The monoisotopic (exact) mass is 311 g/mol. The van der Waals surface area contributed by atoms with Crippen molar-refractivity contribution < 1.29 is 4.79 Å². The fourth-order valence-electron chi connectivity index (χ4n) is 3.06. The summed E-state index contributed by atoms with van der Waals surface area (Å²) in [7, 11) is 0. The van der Waals surface area contributed by atoms with Crippen LogP contribution in [0.25, 0.3) is 10.9 Å². The van der Waals surface area contributed by atoms with Gasteiger partial charge in [0.15, 0.2) is 0 Å². The minimum atomic E-state index is -0.255. The normalized spacial score (nSPS) is 19.0. The molecular weight excluding hydrogens is 290 g/mol.